The van der Waals surface area contributed by atoms with Crippen molar-refractivity contribution in [2.45, 2.75) is 11.4 Å². The minimum absolute atomic E-state index is 0.163. The van der Waals surface area contributed by atoms with E-state index in [0.29, 0.717) is 6.54 Å². The van der Waals surface area contributed by atoms with Gasteiger partial charge in [-0.25, -0.2) is 4.98 Å². The molecule has 8 nitrogen and oxygen atoms in total. The van der Waals surface area contributed by atoms with Gasteiger partial charge >= 0.3 is 0 Å². The summed E-state index contributed by atoms with van der Waals surface area (Å²) in [5.41, 5.74) is 6.42. The van der Waals surface area contributed by atoms with Gasteiger partial charge in [0.25, 0.3) is 10.1 Å². The van der Waals surface area contributed by atoms with E-state index in [4.69, 9.17) is 15.0 Å². The fraction of sp³-hybridized carbons (Fsp3) is 0.167. The van der Waals surface area contributed by atoms with E-state index in [1.807, 2.05) is 24.3 Å². The number of nitrogens with one attached hydrogen (secondary N) is 1. The molecule has 1 aromatic heterocycles. The number of anilines is 2. The number of methoxy groups -OCH3 is 1. The molecule has 0 aliphatic heterocycles. The fourth-order valence-corrected chi connectivity index (χ4v) is 2.09. The van der Waals surface area contributed by atoms with Crippen molar-refractivity contribution in [3.05, 3.63) is 36.0 Å². The number of aromatic nitrogens is 2. The predicted octanol–water partition coefficient (Wildman–Crippen LogP) is 0.926. The normalized spacial score (nSPS) is 11.1. The van der Waals surface area contributed by atoms with Gasteiger partial charge in [0.2, 0.25) is 5.95 Å². The Hall–Kier alpha value is -2.39. The van der Waals surface area contributed by atoms with Crippen LogP contribution >= 0.6 is 0 Å². The summed E-state index contributed by atoms with van der Waals surface area (Å²) < 4.78 is 35.9. The van der Waals surface area contributed by atoms with Crippen molar-refractivity contribution in [1.29, 1.82) is 0 Å². The van der Waals surface area contributed by atoms with Gasteiger partial charge in [-0.1, -0.05) is 12.1 Å². The number of benzene rings is 1. The van der Waals surface area contributed by atoms with Gasteiger partial charge in [-0.3, -0.25) is 4.55 Å². The maximum absolute atomic E-state index is 11.0. The summed E-state index contributed by atoms with van der Waals surface area (Å²) in [7, 11) is -2.83. The summed E-state index contributed by atoms with van der Waals surface area (Å²) in [6, 6.07) is 7.35. The third kappa shape index (κ3) is 3.80. The second-order valence-corrected chi connectivity index (χ2v) is 5.51. The third-order valence-corrected chi connectivity index (χ3v) is 3.54. The van der Waals surface area contributed by atoms with E-state index < -0.39 is 15.0 Å². The molecule has 0 fully saturated rings. The standard InChI is InChI=1S/C12H14N4O4S/c1-20-9-4-2-8(3-5-9)6-14-12-15-7-10(11(13)16-12)21(17,18)19/h2-5,7H,6H2,1H3,(H,17,18,19)(H3,13,14,15,16). The number of nitrogens with zero attached hydrogens (tertiary/aromatic N) is 2. The minimum atomic E-state index is -4.42. The highest BCUT2D eigenvalue weighted by Gasteiger charge is 2.16. The molecule has 0 unspecified atom stereocenters. The van der Waals surface area contributed by atoms with Crippen molar-refractivity contribution in [2.75, 3.05) is 18.2 Å². The van der Waals surface area contributed by atoms with Crippen molar-refractivity contribution >= 4 is 21.9 Å². The Morgan fingerprint density at radius 3 is 2.52 bits per heavy atom. The van der Waals surface area contributed by atoms with Gasteiger partial charge in [0.15, 0.2) is 4.90 Å². The lowest BCUT2D eigenvalue weighted by molar-refractivity contribution is 0.414. The highest BCUT2D eigenvalue weighted by Crippen LogP contribution is 2.16. The number of nitrogen functional groups attached to an aromatic ring is 1. The van der Waals surface area contributed by atoms with Gasteiger partial charge in [0.05, 0.1) is 13.3 Å². The van der Waals surface area contributed by atoms with Crippen LogP contribution in [0, 0.1) is 0 Å². The molecule has 0 saturated heterocycles. The summed E-state index contributed by atoms with van der Waals surface area (Å²) in [6.45, 7) is 0.425. The number of hydrogen-bond acceptors (Lipinski definition) is 7. The monoisotopic (exact) mass is 310 g/mol. The van der Waals surface area contributed by atoms with Crippen LogP contribution in [0.1, 0.15) is 5.56 Å². The van der Waals surface area contributed by atoms with Crippen molar-refractivity contribution in [2.24, 2.45) is 0 Å². The second kappa shape index (κ2) is 5.94. The zero-order valence-electron chi connectivity index (χ0n) is 11.1. The van der Waals surface area contributed by atoms with E-state index in [1.165, 1.54) is 0 Å². The van der Waals surface area contributed by atoms with Gasteiger partial charge in [-0.05, 0) is 17.7 Å². The zero-order chi connectivity index (χ0) is 15.5. The van der Waals surface area contributed by atoms with E-state index in [-0.39, 0.29) is 11.8 Å². The average molecular weight is 310 g/mol. The van der Waals surface area contributed by atoms with Crippen LogP contribution in [0.3, 0.4) is 0 Å². The van der Waals surface area contributed by atoms with Crippen LogP contribution in [0.15, 0.2) is 35.4 Å². The molecule has 0 aliphatic carbocycles. The maximum Gasteiger partial charge on any atom is 0.299 e. The largest absolute Gasteiger partial charge is 0.497 e. The first-order chi connectivity index (χ1) is 9.90. The van der Waals surface area contributed by atoms with E-state index in [0.717, 1.165) is 17.5 Å². The predicted molar refractivity (Wildman–Crippen MR) is 76.6 cm³/mol. The molecule has 9 heteroatoms. The van der Waals surface area contributed by atoms with E-state index in [2.05, 4.69) is 15.3 Å². The molecule has 2 rings (SSSR count). The molecular weight excluding hydrogens is 296 g/mol. The Morgan fingerprint density at radius 2 is 2.00 bits per heavy atom. The van der Waals surface area contributed by atoms with Gasteiger partial charge in [-0.2, -0.15) is 13.4 Å². The first-order valence-electron chi connectivity index (χ1n) is 5.87. The molecule has 4 N–H and O–H groups in total. The summed E-state index contributed by atoms with van der Waals surface area (Å²) in [6.07, 6.45) is 0.952. The molecule has 112 valence electrons. The number of ether oxygens (including phenoxy) is 1. The first-order valence-corrected chi connectivity index (χ1v) is 7.31. The Labute approximate surface area is 121 Å². The van der Waals surface area contributed by atoms with Crippen LogP contribution in [-0.2, 0) is 16.7 Å². The number of nitrogens with two attached hydrogens (primary N) is 1. The van der Waals surface area contributed by atoms with E-state index >= 15 is 0 Å². The number of rotatable bonds is 5. The Morgan fingerprint density at radius 1 is 1.33 bits per heavy atom. The Bertz CT molecular complexity index is 731. The quantitative estimate of drug-likeness (QED) is 0.696. The van der Waals surface area contributed by atoms with Crippen molar-refractivity contribution in [3.63, 3.8) is 0 Å². The average Bonchev–Trinajstić information content (AvgIpc) is 2.44. The first kappa shape index (κ1) is 15.0. The summed E-state index contributed by atoms with van der Waals surface area (Å²) in [4.78, 5) is 7.05. The highest BCUT2D eigenvalue weighted by atomic mass is 32.2. The Kier molecular flexibility index (Phi) is 4.24. The summed E-state index contributed by atoms with van der Waals surface area (Å²) >= 11 is 0. The topological polar surface area (TPSA) is 127 Å². The molecule has 2 aromatic rings. The summed E-state index contributed by atoms with van der Waals surface area (Å²) in [5, 5.41) is 2.90. The molecule has 0 saturated carbocycles. The summed E-state index contributed by atoms with van der Waals surface area (Å²) in [5.74, 6) is 0.595. The van der Waals surface area contributed by atoms with Crippen LogP contribution in [0.4, 0.5) is 11.8 Å². The fourth-order valence-electron chi connectivity index (χ4n) is 1.59. The zero-order valence-corrected chi connectivity index (χ0v) is 12.0. The molecule has 0 atom stereocenters. The molecule has 1 aromatic carbocycles. The lowest BCUT2D eigenvalue weighted by Crippen LogP contribution is -2.10. The molecule has 0 bridgehead atoms. The maximum atomic E-state index is 11.0. The SMILES string of the molecule is COc1ccc(CNc2ncc(S(=O)(=O)O)c(N)n2)cc1. The molecule has 0 amide bonds. The van der Waals surface area contributed by atoms with Gasteiger partial charge < -0.3 is 15.8 Å². The van der Waals surface area contributed by atoms with Crippen molar-refractivity contribution in [3.8, 4) is 5.75 Å². The molecular formula is C12H14N4O4S. The molecule has 0 aliphatic rings. The van der Waals surface area contributed by atoms with Crippen LogP contribution in [0.25, 0.3) is 0 Å². The van der Waals surface area contributed by atoms with Crippen LogP contribution in [-0.4, -0.2) is 30.0 Å². The van der Waals surface area contributed by atoms with Crippen molar-refractivity contribution in [1.82, 2.24) is 9.97 Å². The molecule has 0 spiro atoms. The lowest BCUT2D eigenvalue weighted by Gasteiger charge is -2.07. The number of hydrogen-bond donors (Lipinski definition) is 3. The molecule has 21 heavy (non-hydrogen) atoms. The van der Waals surface area contributed by atoms with Gasteiger partial charge in [0.1, 0.15) is 11.6 Å². The van der Waals surface area contributed by atoms with Crippen LogP contribution < -0.4 is 15.8 Å². The highest BCUT2D eigenvalue weighted by molar-refractivity contribution is 7.86. The van der Waals surface area contributed by atoms with Gasteiger partial charge in [0, 0.05) is 6.54 Å². The smallest absolute Gasteiger partial charge is 0.299 e. The second-order valence-electron chi connectivity index (χ2n) is 4.12. The van der Waals surface area contributed by atoms with Crippen LogP contribution in [0.5, 0.6) is 5.75 Å². The van der Waals surface area contributed by atoms with Gasteiger partial charge in [-0.15, -0.1) is 0 Å². The Balaban J connectivity index is 2.08. The van der Waals surface area contributed by atoms with Crippen molar-refractivity contribution < 1.29 is 17.7 Å². The van der Waals surface area contributed by atoms with E-state index in [9.17, 15) is 8.42 Å². The lowest BCUT2D eigenvalue weighted by atomic mass is 10.2. The minimum Gasteiger partial charge on any atom is -0.497 e. The third-order valence-electron chi connectivity index (χ3n) is 2.67. The van der Waals surface area contributed by atoms with Crippen LogP contribution in [0.2, 0.25) is 0 Å². The van der Waals surface area contributed by atoms with E-state index in [1.54, 1.807) is 7.11 Å². The molecule has 0 radical (unpaired) electrons. The molecule has 1 heterocycles.